The van der Waals surface area contributed by atoms with Gasteiger partial charge < -0.3 is 0 Å². The molecule has 0 radical (unpaired) electrons. The number of amides is 1. The summed E-state index contributed by atoms with van der Waals surface area (Å²) in [6, 6.07) is 7.87. The van der Waals surface area contributed by atoms with Gasteiger partial charge in [-0.1, -0.05) is 17.7 Å². The Hall–Kier alpha value is -1.15. The molecule has 0 heterocycles. The monoisotopic (exact) mass is 150 g/mol. The Morgan fingerprint density at radius 1 is 1.27 bits per heavy atom. The maximum absolute atomic E-state index is 10.6. The molecular formula is C9H12NO+. The molecule has 0 spiro atoms. The molecule has 11 heavy (non-hydrogen) atoms. The molecule has 0 aliphatic carbocycles. The number of carbonyl (C=O) groups excluding carboxylic acids is 1. The van der Waals surface area contributed by atoms with E-state index in [2.05, 4.69) is 0 Å². The average molecular weight is 150 g/mol. The predicted molar refractivity (Wildman–Crippen MR) is 43.4 cm³/mol. The summed E-state index contributed by atoms with van der Waals surface area (Å²) in [5.41, 5.74) is 2.19. The largest absolute Gasteiger partial charge is 0.312 e. The molecular weight excluding hydrogens is 138 g/mol. The van der Waals surface area contributed by atoms with E-state index in [0.717, 1.165) is 5.69 Å². The fourth-order valence-corrected chi connectivity index (χ4v) is 0.897. The summed E-state index contributed by atoms with van der Waals surface area (Å²) in [6.07, 6.45) is 0. The molecule has 2 N–H and O–H groups in total. The van der Waals surface area contributed by atoms with Crippen LogP contribution in [0.1, 0.15) is 12.5 Å². The van der Waals surface area contributed by atoms with Gasteiger partial charge in [-0.15, -0.1) is 0 Å². The highest BCUT2D eigenvalue weighted by Crippen LogP contribution is 2.01. The van der Waals surface area contributed by atoms with Crippen LogP contribution in [0.3, 0.4) is 0 Å². The zero-order chi connectivity index (χ0) is 8.27. The topological polar surface area (TPSA) is 33.7 Å². The van der Waals surface area contributed by atoms with E-state index in [1.165, 1.54) is 5.56 Å². The molecule has 0 aliphatic rings. The Kier molecular flexibility index (Phi) is 2.39. The lowest BCUT2D eigenvalue weighted by Crippen LogP contribution is -2.81. The summed E-state index contributed by atoms with van der Waals surface area (Å²) in [6.45, 7) is 3.58. The van der Waals surface area contributed by atoms with Gasteiger partial charge in [0.15, 0.2) is 0 Å². The third-order valence-corrected chi connectivity index (χ3v) is 1.45. The first-order valence-electron chi connectivity index (χ1n) is 3.60. The molecule has 0 fully saturated rings. The highest BCUT2D eigenvalue weighted by atomic mass is 16.1. The minimum atomic E-state index is 0.0915. The number of carbonyl (C=O) groups is 1. The summed E-state index contributed by atoms with van der Waals surface area (Å²) in [5, 5.41) is 1.62. The fourth-order valence-electron chi connectivity index (χ4n) is 0.897. The zero-order valence-electron chi connectivity index (χ0n) is 6.79. The number of nitrogens with two attached hydrogens (primary N) is 1. The number of benzene rings is 1. The highest BCUT2D eigenvalue weighted by Gasteiger charge is 1.98. The van der Waals surface area contributed by atoms with Crippen LogP contribution in [0.4, 0.5) is 5.69 Å². The molecule has 0 saturated carbocycles. The maximum Gasteiger partial charge on any atom is 0.312 e. The minimum absolute atomic E-state index is 0.0915. The number of primary amides is 1. The zero-order valence-corrected chi connectivity index (χ0v) is 6.79. The predicted octanol–water partition coefficient (Wildman–Crippen LogP) is 0.736. The standard InChI is InChI=1S/C9H11NO/c1-7-3-5-9(6-4-7)10-8(2)11/h3-6H,1-2H3,(H,10,11)/p+1. The van der Waals surface area contributed by atoms with Crippen LogP contribution in [0.2, 0.25) is 0 Å². The second-order valence-electron chi connectivity index (χ2n) is 2.67. The van der Waals surface area contributed by atoms with Crippen molar-refractivity contribution >= 4 is 11.6 Å². The number of hydrogen-bond acceptors (Lipinski definition) is 1. The van der Waals surface area contributed by atoms with Crippen molar-refractivity contribution in [1.82, 2.24) is 0 Å². The maximum atomic E-state index is 10.6. The van der Waals surface area contributed by atoms with Gasteiger partial charge in [0.2, 0.25) is 0 Å². The van der Waals surface area contributed by atoms with Gasteiger partial charge in [-0.3, -0.25) is 5.32 Å². The van der Waals surface area contributed by atoms with E-state index in [9.17, 15) is 4.79 Å². The third kappa shape index (κ3) is 2.51. The van der Waals surface area contributed by atoms with Crippen molar-refractivity contribution in [2.45, 2.75) is 13.8 Å². The average Bonchev–Trinajstić information content (AvgIpc) is 1.93. The van der Waals surface area contributed by atoms with Crippen molar-refractivity contribution in [3.8, 4) is 0 Å². The summed E-state index contributed by atoms with van der Waals surface area (Å²) >= 11 is 0. The smallest absolute Gasteiger partial charge is 0.251 e. The summed E-state index contributed by atoms with van der Waals surface area (Å²) < 4.78 is 0. The van der Waals surface area contributed by atoms with Crippen LogP contribution in [-0.4, -0.2) is 5.91 Å². The first kappa shape index (κ1) is 7.95. The molecule has 0 aromatic heterocycles. The van der Waals surface area contributed by atoms with Crippen LogP contribution in [0.15, 0.2) is 24.3 Å². The molecule has 0 unspecified atom stereocenters. The van der Waals surface area contributed by atoms with E-state index in [1.54, 1.807) is 12.2 Å². The van der Waals surface area contributed by atoms with Crippen LogP contribution in [0, 0.1) is 6.92 Å². The minimum Gasteiger partial charge on any atom is -0.251 e. The first-order chi connectivity index (χ1) is 5.18. The lowest BCUT2D eigenvalue weighted by Gasteiger charge is -1.94. The van der Waals surface area contributed by atoms with Gasteiger partial charge in [0.25, 0.3) is 0 Å². The lowest BCUT2D eigenvalue weighted by molar-refractivity contribution is -0.481. The highest BCUT2D eigenvalue weighted by molar-refractivity contribution is 5.64. The number of hydrogen-bond donors (Lipinski definition) is 1. The van der Waals surface area contributed by atoms with E-state index in [0.29, 0.717) is 0 Å². The van der Waals surface area contributed by atoms with Crippen molar-refractivity contribution in [1.29, 1.82) is 0 Å². The Morgan fingerprint density at radius 2 is 1.82 bits per heavy atom. The second kappa shape index (κ2) is 3.30. The molecule has 2 heteroatoms. The van der Waals surface area contributed by atoms with Gasteiger partial charge >= 0.3 is 5.91 Å². The van der Waals surface area contributed by atoms with E-state index in [-0.39, 0.29) is 5.91 Å². The summed E-state index contributed by atoms with van der Waals surface area (Å²) in [7, 11) is 0. The van der Waals surface area contributed by atoms with Crippen molar-refractivity contribution < 1.29 is 10.1 Å². The van der Waals surface area contributed by atoms with Gasteiger partial charge in [0.1, 0.15) is 5.69 Å². The Morgan fingerprint density at radius 3 is 2.27 bits per heavy atom. The molecule has 0 aliphatic heterocycles. The SMILES string of the molecule is CC(=O)[NH2+]c1ccc(C)cc1. The summed E-state index contributed by atoms with van der Waals surface area (Å²) in [4.78, 5) is 10.6. The second-order valence-corrected chi connectivity index (χ2v) is 2.67. The van der Waals surface area contributed by atoms with Crippen molar-refractivity contribution in [2.24, 2.45) is 0 Å². The number of quaternary nitrogens is 1. The van der Waals surface area contributed by atoms with Gasteiger partial charge in [-0.25, -0.2) is 4.79 Å². The van der Waals surface area contributed by atoms with Gasteiger partial charge in [0, 0.05) is 0 Å². The van der Waals surface area contributed by atoms with E-state index in [1.807, 2.05) is 31.2 Å². The first-order valence-corrected chi connectivity index (χ1v) is 3.60. The van der Waals surface area contributed by atoms with Crippen molar-refractivity contribution in [3.63, 3.8) is 0 Å². The molecule has 0 atom stereocenters. The van der Waals surface area contributed by atoms with Crippen molar-refractivity contribution in [2.75, 3.05) is 0 Å². The van der Waals surface area contributed by atoms with Crippen LogP contribution in [0.25, 0.3) is 0 Å². The Labute approximate surface area is 66.2 Å². The van der Waals surface area contributed by atoms with E-state index in [4.69, 9.17) is 0 Å². The van der Waals surface area contributed by atoms with Gasteiger partial charge in [-0.05, 0) is 19.1 Å². The third-order valence-electron chi connectivity index (χ3n) is 1.45. The van der Waals surface area contributed by atoms with Crippen molar-refractivity contribution in [3.05, 3.63) is 29.8 Å². The summed E-state index contributed by atoms with van der Waals surface area (Å²) in [5.74, 6) is 0.0915. The van der Waals surface area contributed by atoms with Crippen LogP contribution < -0.4 is 5.32 Å². The van der Waals surface area contributed by atoms with E-state index < -0.39 is 0 Å². The Balaban J connectivity index is 2.74. The van der Waals surface area contributed by atoms with Crippen LogP contribution in [-0.2, 0) is 4.79 Å². The fraction of sp³-hybridized carbons (Fsp3) is 0.222. The number of rotatable bonds is 1. The molecule has 1 rings (SSSR count). The molecule has 2 nitrogen and oxygen atoms in total. The quantitative estimate of drug-likeness (QED) is 0.588. The molecule has 1 aromatic carbocycles. The lowest BCUT2D eigenvalue weighted by atomic mass is 10.2. The molecule has 0 bridgehead atoms. The Bertz CT molecular complexity index is 251. The van der Waals surface area contributed by atoms with Crippen LogP contribution >= 0.6 is 0 Å². The van der Waals surface area contributed by atoms with E-state index >= 15 is 0 Å². The molecule has 1 amide bonds. The number of aryl methyl sites for hydroxylation is 1. The molecule has 0 saturated heterocycles. The normalized spacial score (nSPS) is 9.64. The van der Waals surface area contributed by atoms with Gasteiger partial charge in [-0.2, -0.15) is 0 Å². The molecule has 58 valence electrons. The van der Waals surface area contributed by atoms with Crippen LogP contribution in [0.5, 0.6) is 0 Å². The molecule has 1 aromatic rings. The van der Waals surface area contributed by atoms with Gasteiger partial charge in [0.05, 0.1) is 6.92 Å².